The Hall–Kier alpha value is -2.27. The number of nitrogens with zero attached hydrogens (tertiary/aromatic N) is 2. The second-order valence-electron chi connectivity index (χ2n) is 13.0. The van der Waals surface area contributed by atoms with Gasteiger partial charge in [0.2, 0.25) is 27.7 Å². The van der Waals surface area contributed by atoms with E-state index in [0.717, 1.165) is 19.3 Å². The lowest BCUT2D eigenvalue weighted by Gasteiger charge is -2.36. The maximum Gasteiger partial charge on any atom is 0.240 e. The summed E-state index contributed by atoms with van der Waals surface area (Å²) in [5.41, 5.74) is -1.79. The first-order valence-electron chi connectivity index (χ1n) is 14.2. The van der Waals surface area contributed by atoms with Crippen molar-refractivity contribution in [1.29, 1.82) is 0 Å². The first kappa shape index (κ1) is 29.7. The Kier molecular flexibility index (Phi) is 8.34. The number of Topliss-reactive ketones (excluding diaryl/α,β-unsaturated/α-hetero) is 1. The highest BCUT2D eigenvalue weighted by Crippen LogP contribution is 2.57. The highest BCUT2D eigenvalue weighted by molar-refractivity contribution is 7.90. The number of ketones is 1. The molecule has 2 N–H and O–H groups in total. The number of aliphatic hydroxyl groups excluding tert-OH is 1. The number of hydrogen-bond donors (Lipinski definition) is 2. The van der Waals surface area contributed by atoms with Crippen molar-refractivity contribution in [1.82, 2.24) is 14.5 Å². The maximum absolute atomic E-state index is 13.9. The van der Waals surface area contributed by atoms with E-state index in [0.29, 0.717) is 32.4 Å². The fourth-order valence-corrected chi connectivity index (χ4v) is 7.47. The van der Waals surface area contributed by atoms with E-state index in [4.69, 9.17) is 0 Å². The molecule has 0 spiro atoms. The SMILES string of the molecule is C=C[C@@H]1C[C@]1(CC(=O)[C@@H]1C[C@@H](O)CN1C(=O)[C@@H](CC(=O)N1CCCCC1)C(C)(C)C)C(=O)NS(=O)(=O)C1CC1. The Labute approximate surface area is 231 Å². The molecule has 2 saturated carbocycles. The minimum atomic E-state index is -3.78. The third-order valence-corrected chi connectivity index (χ3v) is 10.7. The van der Waals surface area contributed by atoms with Gasteiger partial charge in [-0.3, -0.25) is 23.9 Å². The quantitative estimate of drug-likeness (QED) is 0.385. The van der Waals surface area contributed by atoms with E-state index in [2.05, 4.69) is 11.3 Å². The van der Waals surface area contributed by atoms with Crippen LogP contribution in [-0.2, 0) is 29.2 Å². The fourth-order valence-electron chi connectivity index (χ4n) is 6.08. The van der Waals surface area contributed by atoms with Crippen molar-refractivity contribution in [2.24, 2.45) is 22.7 Å². The number of β-amino-alcohol motifs (C(OH)–C–C–N with tert-alkyl or cyclic N) is 1. The van der Waals surface area contributed by atoms with Crippen molar-refractivity contribution in [2.45, 2.75) is 96.0 Å². The van der Waals surface area contributed by atoms with Crippen molar-refractivity contribution >= 4 is 33.5 Å². The van der Waals surface area contributed by atoms with Gasteiger partial charge in [0.05, 0.1) is 28.7 Å². The van der Waals surface area contributed by atoms with Gasteiger partial charge in [-0.05, 0) is 49.9 Å². The van der Waals surface area contributed by atoms with E-state index in [1.54, 1.807) is 11.0 Å². The summed E-state index contributed by atoms with van der Waals surface area (Å²) in [6, 6.07) is -0.946. The second-order valence-corrected chi connectivity index (χ2v) is 14.9. The van der Waals surface area contributed by atoms with Crippen molar-refractivity contribution in [3.63, 3.8) is 0 Å². The number of amides is 3. The minimum absolute atomic E-state index is 0.0275. The molecular formula is C28H43N3O7S. The maximum atomic E-state index is 13.9. The monoisotopic (exact) mass is 565 g/mol. The van der Waals surface area contributed by atoms with Crippen LogP contribution in [0.25, 0.3) is 0 Å². The van der Waals surface area contributed by atoms with Crippen LogP contribution in [0.15, 0.2) is 12.7 Å². The van der Waals surface area contributed by atoms with Crippen LogP contribution in [0.1, 0.15) is 78.6 Å². The predicted molar refractivity (Wildman–Crippen MR) is 145 cm³/mol. The van der Waals surface area contributed by atoms with Crippen LogP contribution in [0, 0.1) is 22.7 Å². The zero-order valence-corrected chi connectivity index (χ0v) is 24.2. The van der Waals surface area contributed by atoms with Gasteiger partial charge >= 0.3 is 0 Å². The average Bonchev–Trinajstić information content (AvgIpc) is 3.79. The number of hydrogen-bond acceptors (Lipinski definition) is 7. The van der Waals surface area contributed by atoms with Crippen molar-refractivity contribution in [3.05, 3.63) is 12.7 Å². The van der Waals surface area contributed by atoms with Gasteiger partial charge in [-0.2, -0.15) is 0 Å². The van der Waals surface area contributed by atoms with Gasteiger partial charge in [-0.25, -0.2) is 8.42 Å². The molecule has 4 aliphatic rings. The number of carbonyl (C=O) groups excluding carboxylic acids is 4. The fraction of sp³-hybridized carbons (Fsp3) is 0.786. The third-order valence-electron chi connectivity index (χ3n) is 8.92. The molecule has 0 radical (unpaired) electrons. The van der Waals surface area contributed by atoms with Crippen LogP contribution >= 0.6 is 0 Å². The lowest BCUT2D eigenvalue weighted by molar-refractivity contribution is -0.148. The Morgan fingerprint density at radius 2 is 1.77 bits per heavy atom. The number of sulfonamides is 1. The van der Waals surface area contributed by atoms with Gasteiger partial charge in [-0.1, -0.05) is 26.8 Å². The van der Waals surface area contributed by atoms with E-state index < -0.39 is 55.9 Å². The molecule has 0 aromatic heterocycles. The van der Waals surface area contributed by atoms with E-state index in [9.17, 15) is 32.7 Å². The lowest BCUT2D eigenvalue weighted by Crippen LogP contribution is -2.49. The second kappa shape index (κ2) is 11.0. The zero-order valence-electron chi connectivity index (χ0n) is 23.4. The van der Waals surface area contributed by atoms with Crippen LogP contribution in [0.3, 0.4) is 0 Å². The zero-order chi connectivity index (χ0) is 28.8. The topological polar surface area (TPSA) is 141 Å². The molecule has 4 rings (SSSR count). The Balaban J connectivity index is 1.49. The van der Waals surface area contributed by atoms with E-state index in [1.165, 1.54) is 4.90 Å². The number of nitrogens with one attached hydrogen (secondary N) is 1. The molecule has 2 aliphatic heterocycles. The molecule has 5 atom stereocenters. The molecule has 2 heterocycles. The Morgan fingerprint density at radius 1 is 1.13 bits per heavy atom. The van der Waals surface area contributed by atoms with E-state index in [-0.39, 0.29) is 43.5 Å². The van der Waals surface area contributed by atoms with E-state index in [1.807, 2.05) is 20.8 Å². The van der Waals surface area contributed by atoms with Crippen LogP contribution < -0.4 is 4.72 Å². The van der Waals surface area contributed by atoms with Gasteiger partial charge in [0.15, 0.2) is 5.78 Å². The van der Waals surface area contributed by atoms with E-state index >= 15 is 0 Å². The van der Waals surface area contributed by atoms with Gasteiger partial charge in [0.25, 0.3) is 0 Å². The van der Waals surface area contributed by atoms with Crippen molar-refractivity contribution in [3.8, 4) is 0 Å². The van der Waals surface area contributed by atoms with Crippen molar-refractivity contribution < 1.29 is 32.7 Å². The summed E-state index contributed by atoms with van der Waals surface area (Å²) in [5, 5.41) is 9.91. The first-order valence-corrected chi connectivity index (χ1v) is 15.7. The highest BCUT2D eigenvalue weighted by atomic mass is 32.2. The number of piperidine rings is 1. The van der Waals surface area contributed by atoms with Crippen molar-refractivity contribution in [2.75, 3.05) is 19.6 Å². The summed E-state index contributed by atoms with van der Waals surface area (Å²) in [6.45, 7) is 10.7. The number of rotatable bonds is 10. The van der Waals surface area contributed by atoms with Gasteiger partial charge in [0.1, 0.15) is 0 Å². The highest BCUT2D eigenvalue weighted by Gasteiger charge is 2.61. The molecule has 0 unspecified atom stereocenters. The molecule has 0 bridgehead atoms. The van der Waals surface area contributed by atoms with Crippen LogP contribution in [0.2, 0.25) is 0 Å². The molecule has 0 aromatic carbocycles. The van der Waals surface area contributed by atoms with Crippen LogP contribution in [0.5, 0.6) is 0 Å². The molecular weight excluding hydrogens is 522 g/mol. The average molecular weight is 566 g/mol. The molecule has 39 heavy (non-hydrogen) atoms. The smallest absolute Gasteiger partial charge is 0.240 e. The standard InChI is InChI=1S/C28H43N3O7S/c1-5-18-15-28(18,26(36)29-39(37,38)20-9-10-20)16-23(33)22-13-19(32)17-31(22)25(35)21(27(2,3)4)14-24(34)30-11-7-6-8-12-30/h5,18-22,32H,1,6-17H2,2-4H3,(H,29,36)/t18-,19-,21-,22+,28-/m1/s1. The Morgan fingerprint density at radius 3 is 2.31 bits per heavy atom. The molecule has 2 saturated heterocycles. The van der Waals surface area contributed by atoms with Crippen LogP contribution in [-0.4, -0.2) is 83.9 Å². The molecule has 3 amide bonds. The largest absolute Gasteiger partial charge is 0.391 e. The summed E-state index contributed by atoms with van der Waals surface area (Å²) in [7, 11) is -3.78. The lowest BCUT2D eigenvalue weighted by atomic mass is 9.77. The minimum Gasteiger partial charge on any atom is -0.391 e. The van der Waals surface area contributed by atoms with Gasteiger partial charge in [0, 0.05) is 38.9 Å². The number of carbonyl (C=O) groups is 4. The summed E-state index contributed by atoms with van der Waals surface area (Å²) in [6.07, 6.45) is 4.75. The first-order chi connectivity index (χ1) is 18.2. The molecule has 11 heteroatoms. The number of allylic oxidation sites excluding steroid dienone is 1. The molecule has 218 valence electrons. The molecule has 0 aromatic rings. The van der Waals surface area contributed by atoms with Crippen LogP contribution in [0.4, 0.5) is 0 Å². The summed E-state index contributed by atoms with van der Waals surface area (Å²) >= 11 is 0. The summed E-state index contributed by atoms with van der Waals surface area (Å²) in [4.78, 5) is 56.9. The summed E-state index contributed by atoms with van der Waals surface area (Å²) in [5.74, 6) is -2.56. The van der Waals surface area contributed by atoms with Gasteiger partial charge < -0.3 is 14.9 Å². The number of likely N-dealkylation sites (tertiary alicyclic amines) is 2. The Bertz CT molecular complexity index is 1120. The predicted octanol–water partition coefficient (Wildman–Crippen LogP) is 1.77. The number of aliphatic hydroxyl groups is 1. The third kappa shape index (κ3) is 6.39. The molecule has 10 nitrogen and oxygen atoms in total. The molecule has 2 aliphatic carbocycles. The van der Waals surface area contributed by atoms with Gasteiger partial charge in [-0.15, -0.1) is 6.58 Å². The molecule has 4 fully saturated rings. The normalized spacial score (nSPS) is 30.0. The summed E-state index contributed by atoms with van der Waals surface area (Å²) < 4.78 is 27.0.